The van der Waals surface area contributed by atoms with Crippen molar-refractivity contribution in [3.63, 3.8) is 0 Å². The van der Waals surface area contributed by atoms with Crippen LogP contribution >= 0.6 is 0 Å². The van der Waals surface area contributed by atoms with Gasteiger partial charge in [-0.25, -0.2) is 0 Å². The molecule has 0 unspecified atom stereocenters. The van der Waals surface area contributed by atoms with Gasteiger partial charge < -0.3 is 24.6 Å². The molecule has 4 rings (SSSR count). The summed E-state index contributed by atoms with van der Waals surface area (Å²) in [6.07, 6.45) is 3.00. The van der Waals surface area contributed by atoms with Crippen LogP contribution in [0.1, 0.15) is 11.4 Å². The normalized spacial score (nSPS) is 13.7. The van der Waals surface area contributed by atoms with Gasteiger partial charge in [0.05, 0.1) is 4.92 Å². The Balaban J connectivity index is 1.28. The molecule has 2 heterocycles. The van der Waals surface area contributed by atoms with Crippen molar-refractivity contribution in [2.75, 3.05) is 37.7 Å². The number of nitrogens with one attached hydrogen (secondary N) is 1. The number of aromatic hydroxyl groups is 1. The van der Waals surface area contributed by atoms with Gasteiger partial charge in [0.2, 0.25) is 0 Å². The number of ether oxygens (including phenoxy) is 1. The summed E-state index contributed by atoms with van der Waals surface area (Å²) in [4.78, 5) is 43.9. The van der Waals surface area contributed by atoms with Gasteiger partial charge in [0.25, 0.3) is 11.8 Å². The highest BCUT2D eigenvalue weighted by molar-refractivity contribution is 5.78. The van der Waals surface area contributed by atoms with E-state index in [0.29, 0.717) is 18.8 Å². The van der Waals surface area contributed by atoms with Gasteiger partial charge in [-0.2, -0.15) is 4.98 Å². The van der Waals surface area contributed by atoms with Crippen molar-refractivity contribution < 1.29 is 19.6 Å². The molecule has 0 bridgehead atoms. The summed E-state index contributed by atoms with van der Waals surface area (Å²) in [6.45, 7) is 2.74. The number of rotatable bonds is 7. The molecule has 1 aliphatic heterocycles. The number of hydrogen-bond acceptors (Lipinski definition) is 8. The van der Waals surface area contributed by atoms with E-state index in [1.807, 2.05) is 18.2 Å². The van der Waals surface area contributed by atoms with E-state index in [2.05, 4.69) is 27.0 Å². The largest absolute Gasteiger partial charge is 0.488 e. The van der Waals surface area contributed by atoms with Crippen LogP contribution in [0.4, 0.5) is 11.4 Å². The molecule has 11 nitrogen and oxygen atoms in total. The second-order valence-electron chi connectivity index (χ2n) is 7.77. The second kappa shape index (κ2) is 10.5. The van der Waals surface area contributed by atoms with E-state index in [0.717, 1.165) is 24.3 Å². The number of nitro groups is 1. The first-order chi connectivity index (χ1) is 16.9. The molecule has 1 amide bonds. The fourth-order valence-electron chi connectivity index (χ4n) is 3.66. The molecule has 2 aromatic carbocycles. The number of para-hydroxylation sites is 1. The Labute approximate surface area is 200 Å². The number of aromatic amines is 1. The Morgan fingerprint density at radius 3 is 2.40 bits per heavy atom. The molecule has 11 heteroatoms. The molecule has 1 fully saturated rings. The summed E-state index contributed by atoms with van der Waals surface area (Å²) in [7, 11) is 0. The predicted molar refractivity (Wildman–Crippen MR) is 129 cm³/mol. The first-order valence-corrected chi connectivity index (χ1v) is 10.9. The molecular weight excluding hydrogens is 454 g/mol. The Morgan fingerprint density at radius 2 is 1.77 bits per heavy atom. The molecule has 1 saturated heterocycles. The lowest BCUT2D eigenvalue weighted by Crippen LogP contribution is -2.50. The molecule has 180 valence electrons. The van der Waals surface area contributed by atoms with Crippen LogP contribution in [-0.2, 0) is 4.79 Å². The van der Waals surface area contributed by atoms with Gasteiger partial charge in [-0.3, -0.25) is 19.7 Å². The third-order valence-electron chi connectivity index (χ3n) is 5.51. The smallest absolute Gasteiger partial charge is 0.395 e. The summed E-state index contributed by atoms with van der Waals surface area (Å²) in [6, 6.07) is 17.0. The van der Waals surface area contributed by atoms with Crippen LogP contribution in [0.5, 0.6) is 11.6 Å². The number of carbonyl (C=O) groups is 1. The average molecular weight is 477 g/mol. The van der Waals surface area contributed by atoms with Crippen LogP contribution in [0.25, 0.3) is 12.2 Å². The van der Waals surface area contributed by atoms with Crippen LogP contribution in [0, 0.1) is 10.1 Å². The Kier molecular flexibility index (Phi) is 7.05. The molecule has 0 saturated carbocycles. The highest BCUT2D eigenvalue weighted by atomic mass is 16.6. The van der Waals surface area contributed by atoms with Crippen LogP contribution in [0.2, 0.25) is 0 Å². The fourth-order valence-corrected chi connectivity index (χ4v) is 3.66. The van der Waals surface area contributed by atoms with E-state index in [9.17, 15) is 24.8 Å². The van der Waals surface area contributed by atoms with E-state index in [4.69, 9.17) is 4.74 Å². The lowest BCUT2D eigenvalue weighted by atomic mass is 10.2. The second-order valence-corrected chi connectivity index (χ2v) is 7.77. The minimum atomic E-state index is -1.04. The van der Waals surface area contributed by atoms with Crippen LogP contribution < -0.4 is 15.2 Å². The molecule has 0 radical (unpaired) electrons. The first kappa shape index (κ1) is 23.5. The number of amides is 1. The summed E-state index contributed by atoms with van der Waals surface area (Å²) < 4.78 is 5.63. The van der Waals surface area contributed by atoms with Gasteiger partial charge in [0.15, 0.2) is 6.61 Å². The van der Waals surface area contributed by atoms with Gasteiger partial charge in [0.1, 0.15) is 11.6 Å². The summed E-state index contributed by atoms with van der Waals surface area (Å²) >= 11 is 0. The van der Waals surface area contributed by atoms with E-state index in [1.54, 1.807) is 35.2 Å². The maximum absolute atomic E-state index is 12.5. The van der Waals surface area contributed by atoms with Crippen LogP contribution in [0.15, 0.2) is 59.4 Å². The number of piperazine rings is 1. The third-order valence-corrected chi connectivity index (χ3v) is 5.51. The topological polar surface area (TPSA) is 142 Å². The zero-order valence-electron chi connectivity index (χ0n) is 18.7. The number of H-pyrrole nitrogens is 1. The van der Waals surface area contributed by atoms with Gasteiger partial charge >= 0.3 is 11.2 Å². The lowest BCUT2D eigenvalue weighted by Gasteiger charge is -2.36. The van der Waals surface area contributed by atoms with E-state index in [1.165, 1.54) is 6.08 Å². The Morgan fingerprint density at radius 1 is 1.09 bits per heavy atom. The SMILES string of the molecule is O=C(COc1ccc(/C=C/c2nc(O)c([N+](=O)[O-])c(=O)[nH]2)cc1)N1CCN(c2ccccc2)CC1. The summed E-state index contributed by atoms with van der Waals surface area (Å²) in [5.41, 5.74) is -0.174. The summed E-state index contributed by atoms with van der Waals surface area (Å²) in [5, 5.41) is 20.3. The molecule has 35 heavy (non-hydrogen) atoms. The summed E-state index contributed by atoms with van der Waals surface area (Å²) in [5.74, 6) is -0.530. The number of aromatic nitrogens is 2. The number of hydrogen-bond donors (Lipinski definition) is 2. The predicted octanol–water partition coefficient (Wildman–Crippen LogP) is 2.28. The molecule has 2 N–H and O–H groups in total. The third kappa shape index (κ3) is 5.82. The van der Waals surface area contributed by atoms with Crippen molar-refractivity contribution in [3.8, 4) is 11.6 Å². The molecule has 0 aliphatic carbocycles. The van der Waals surface area contributed by atoms with Crippen LogP contribution in [-0.4, -0.2) is 63.6 Å². The van der Waals surface area contributed by atoms with Crippen molar-refractivity contribution in [2.24, 2.45) is 0 Å². The Bertz CT molecular complexity index is 1280. The van der Waals surface area contributed by atoms with Gasteiger partial charge in [0, 0.05) is 31.9 Å². The monoisotopic (exact) mass is 477 g/mol. The van der Waals surface area contributed by atoms with Crippen molar-refractivity contribution in [3.05, 3.63) is 86.5 Å². The average Bonchev–Trinajstić information content (AvgIpc) is 2.86. The number of nitrogens with zero attached hydrogens (tertiary/aromatic N) is 4. The molecule has 0 spiro atoms. The van der Waals surface area contributed by atoms with Crippen molar-refractivity contribution in [2.45, 2.75) is 0 Å². The van der Waals surface area contributed by atoms with Gasteiger partial charge in [-0.05, 0) is 35.9 Å². The highest BCUT2D eigenvalue weighted by Gasteiger charge is 2.22. The quantitative estimate of drug-likeness (QED) is 0.390. The molecular formula is C24H23N5O6. The van der Waals surface area contributed by atoms with Gasteiger partial charge in [-0.15, -0.1) is 0 Å². The number of benzene rings is 2. The van der Waals surface area contributed by atoms with E-state index < -0.39 is 22.0 Å². The standard InChI is InChI=1S/C24H23N5O6/c30-21(28-14-12-27(13-15-28)18-4-2-1-3-5-18)16-35-19-9-6-17(7-10-19)8-11-20-25-23(31)22(29(33)34)24(32)26-20/h1-11H,12-16H2,(H2,25,26,31,32)/b11-8+. The van der Waals surface area contributed by atoms with Crippen molar-refractivity contribution in [1.29, 1.82) is 0 Å². The maximum atomic E-state index is 12.5. The van der Waals surface area contributed by atoms with Crippen molar-refractivity contribution >= 4 is 29.4 Å². The lowest BCUT2D eigenvalue weighted by molar-refractivity contribution is -0.387. The van der Waals surface area contributed by atoms with Crippen molar-refractivity contribution in [1.82, 2.24) is 14.9 Å². The van der Waals surface area contributed by atoms with E-state index in [-0.39, 0.29) is 18.3 Å². The Hall–Kier alpha value is -4.67. The maximum Gasteiger partial charge on any atom is 0.395 e. The minimum Gasteiger partial charge on any atom is -0.488 e. The highest BCUT2D eigenvalue weighted by Crippen LogP contribution is 2.19. The molecule has 3 aromatic rings. The zero-order valence-corrected chi connectivity index (χ0v) is 18.7. The first-order valence-electron chi connectivity index (χ1n) is 10.9. The number of anilines is 1. The molecule has 1 aromatic heterocycles. The van der Waals surface area contributed by atoms with Crippen LogP contribution in [0.3, 0.4) is 0 Å². The van der Waals surface area contributed by atoms with E-state index >= 15 is 0 Å². The number of carbonyl (C=O) groups excluding carboxylic acids is 1. The fraction of sp³-hybridized carbons (Fsp3) is 0.208. The molecule has 1 aliphatic rings. The molecule has 0 atom stereocenters. The zero-order chi connectivity index (χ0) is 24.8. The van der Waals surface area contributed by atoms with Gasteiger partial charge in [-0.1, -0.05) is 36.4 Å². The minimum absolute atomic E-state index is 0.0311.